The molecule has 2 saturated heterocycles. The molecule has 2 aliphatic heterocycles. The lowest BCUT2D eigenvalue weighted by atomic mass is 9.86. The Balaban J connectivity index is 1.65. The summed E-state index contributed by atoms with van der Waals surface area (Å²) in [6, 6.07) is 7.80. The summed E-state index contributed by atoms with van der Waals surface area (Å²) >= 11 is 0. The molecule has 24 heavy (non-hydrogen) atoms. The van der Waals surface area contributed by atoms with Crippen molar-refractivity contribution in [2.75, 3.05) is 33.3 Å². The lowest BCUT2D eigenvalue weighted by Crippen LogP contribution is -2.57. The molecule has 0 N–H and O–H groups in total. The topological polar surface area (TPSA) is 32.8 Å². The van der Waals surface area contributed by atoms with Crippen LogP contribution < -0.4 is 4.74 Å². The van der Waals surface area contributed by atoms with Crippen LogP contribution in [0.25, 0.3) is 0 Å². The van der Waals surface area contributed by atoms with E-state index in [0.29, 0.717) is 6.42 Å². The number of methoxy groups -OCH3 is 1. The molecule has 1 atom stereocenters. The number of amides is 1. The van der Waals surface area contributed by atoms with Crippen LogP contribution in [0.3, 0.4) is 0 Å². The molecule has 1 aromatic carbocycles. The third kappa shape index (κ3) is 3.48. The van der Waals surface area contributed by atoms with Crippen molar-refractivity contribution >= 4 is 5.91 Å². The predicted molar refractivity (Wildman–Crippen MR) is 96.2 cm³/mol. The summed E-state index contributed by atoms with van der Waals surface area (Å²) < 4.78 is 5.18. The second kappa shape index (κ2) is 7.39. The van der Waals surface area contributed by atoms with Gasteiger partial charge in [-0.2, -0.15) is 0 Å². The minimum absolute atomic E-state index is 0.183. The molecule has 0 aliphatic carbocycles. The Morgan fingerprint density at radius 3 is 2.62 bits per heavy atom. The molecule has 1 unspecified atom stereocenters. The van der Waals surface area contributed by atoms with Crippen LogP contribution >= 0.6 is 0 Å². The van der Waals surface area contributed by atoms with E-state index in [1.54, 1.807) is 7.11 Å². The molecule has 3 rings (SSSR count). The number of benzene rings is 1. The van der Waals surface area contributed by atoms with Crippen molar-refractivity contribution in [2.45, 2.75) is 37.6 Å². The summed E-state index contributed by atoms with van der Waals surface area (Å²) in [5.74, 6) is 1.07. The van der Waals surface area contributed by atoms with Crippen LogP contribution in [0.4, 0.5) is 0 Å². The molecule has 1 amide bonds. The van der Waals surface area contributed by atoms with E-state index in [9.17, 15) is 4.79 Å². The summed E-state index contributed by atoms with van der Waals surface area (Å²) in [4.78, 5) is 17.4. The lowest BCUT2D eigenvalue weighted by molar-refractivity contribution is -0.134. The van der Waals surface area contributed by atoms with Gasteiger partial charge in [-0.25, -0.2) is 0 Å². The summed E-state index contributed by atoms with van der Waals surface area (Å²) in [5.41, 5.74) is 1.23. The predicted octanol–water partition coefficient (Wildman–Crippen LogP) is 2.88. The first kappa shape index (κ1) is 17.0. The zero-order valence-electron chi connectivity index (χ0n) is 14.7. The third-order valence-electron chi connectivity index (χ3n) is 5.51. The summed E-state index contributed by atoms with van der Waals surface area (Å²) in [5, 5.41) is 0. The van der Waals surface area contributed by atoms with Crippen molar-refractivity contribution in [1.82, 2.24) is 9.80 Å². The first-order valence-corrected chi connectivity index (χ1v) is 8.93. The molecule has 2 heterocycles. The van der Waals surface area contributed by atoms with Crippen LogP contribution in [0.2, 0.25) is 0 Å². The molecule has 0 saturated carbocycles. The molecule has 1 aromatic rings. The van der Waals surface area contributed by atoms with Gasteiger partial charge < -0.3 is 9.64 Å². The van der Waals surface area contributed by atoms with E-state index in [-0.39, 0.29) is 11.4 Å². The molecule has 1 spiro atoms. The average Bonchev–Trinajstić information content (AvgIpc) is 2.97. The monoisotopic (exact) mass is 328 g/mol. The summed E-state index contributed by atoms with van der Waals surface area (Å²) in [7, 11) is 1.66. The number of hydrogen-bond donors (Lipinski definition) is 0. The van der Waals surface area contributed by atoms with Gasteiger partial charge in [-0.1, -0.05) is 18.2 Å². The fraction of sp³-hybridized carbons (Fsp3) is 0.550. The van der Waals surface area contributed by atoms with Gasteiger partial charge in [0.2, 0.25) is 5.91 Å². The minimum Gasteiger partial charge on any atom is -0.497 e. The molecule has 130 valence electrons. The van der Waals surface area contributed by atoms with Crippen LogP contribution in [0.5, 0.6) is 5.75 Å². The maximum atomic E-state index is 12.8. The Morgan fingerprint density at radius 2 is 1.96 bits per heavy atom. The standard InChI is InChI=1S/C20H28N2O2/c1-3-12-22-14-5-11-20(22)10-4-13-21(16-20)19(23)15-17-6-8-18(24-2)9-7-17/h3,6-9H,1,4-5,10-16H2,2H3. The van der Waals surface area contributed by atoms with E-state index in [1.807, 2.05) is 30.3 Å². The van der Waals surface area contributed by atoms with Crippen LogP contribution in [-0.2, 0) is 11.2 Å². The average molecular weight is 328 g/mol. The number of hydrogen-bond acceptors (Lipinski definition) is 3. The van der Waals surface area contributed by atoms with Gasteiger partial charge in [-0.3, -0.25) is 9.69 Å². The largest absolute Gasteiger partial charge is 0.497 e. The van der Waals surface area contributed by atoms with E-state index in [2.05, 4.69) is 16.4 Å². The molecule has 0 radical (unpaired) electrons. The van der Waals surface area contributed by atoms with Gasteiger partial charge in [0.1, 0.15) is 5.75 Å². The number of nitrogens with zero attached hydrogens (tertiary/aromatic N) is 2. The van der Waals surface area contributed by atoms with E-state index in [4.69, 9.17) is 4.74 Å². The number of piperidine rings is 1. The maximum absolute atomic E-state index is 12.8. The van der Waals surface area contributed by atoms with E-state index in [0.717, 1.165) is 43.9 Å². The number of rotatable bonds is 5. The first-order valence-electron chi connectivity index (χ1n) is 8.93. The van der Waals surface area contributed by atoms with Gasteiger partial charge in [-0.15, -0.1) is 6.58 Å². The molecule has 4 heteroatoms. The second-order valence-corrected chi connectivity index (χ2v) is 7.01. The smallest absolute Gasteiger partial charge is 0.227 e. The summed E-state index contributed by atoms with van der Waals surface area (Å²) in [6.45, 7) is 7.71. The zero-order chi connectivity index (χ0) is 17.0. The quantitative estimate of drug-likeness (QED) is 0.779. The minimum atomic E-state index is 0.183. The van der Waals surface area contributed by atoms with Crippen molar-refractivity contribution in [2.24, 2.45) is 0 Å². The SMILES string of the molecule is C=CCN1CCCC12CCCN(C(=O)Cc1ccc(OC)cc1)C2. The zero-order valence-corrected chi connectivity index (χ0v) is 14.7. The van der Waals surface area contributed by atoms with Gasteiger partial charge in [0.25, 0.3) is 0 Å². The molecule has 2 aliphatic rings. The number of carbonyl (C=O) groups is 1. The third-order valence-corrected chi connectivity index (χ3v) is 5.51. The van der Waals surface area contributed by atoms with Crippen molar-refractivity contribution in [3.8, 4) is 5.75 Å². The van der Waals surface area contributed by atoms with Gasteiger partial charge in [0.05, 0.1) is 13.5 Å². The Labute approximate surface area is 145 Å². The molecular formula is C20H28N2O2. The Hall–Kier alpha value is -1.81. The van der Waals surface area contributed by atoms with Crippen molar-refractivity contribution in [3.63, 3.8) is 0 Å². The van der Waals surface area contributed by atoms with Crippen molar-refractivity contribution < 1.29 is 9.53 Å². The van der Waals surface area contributed by atoms with Crippen LogP contribution in [-0.4, -0.2) is 54.5 Å². The number of ether oxygens (including phenoxy) is 1. The second-order valence-electron chi connectivity index (χ2n) is 7.01. The Bertz CT molecular complexity index is 584. The lowest BCUT2D eigenvalue weighted by Gasteiger charge is -2.46. The highest BCUT2D eigenvalue weighted by Crippen LogP contribution is 2.37. The Kier molecular flexibility index (Phi) is 5.24. The fourth-order valence-corrected chi connectivity index (χ4v) is 4.25. The summed E-state index contributed by atoms with van der Waals surface area (Å²) in [6.07, 6.45) is 7.20. The van der Waals surface area contributed by atoms with Gasteiger partial charge in [-0.05, 0) is 49.9 Å². The van der Waals surface area contributed by atoms with Crippen LogP contribution in [0.15, 0.2) is 36.9 Å². The highest BCUT2D eigenvalue weighted by molar-refractivity contribution is 5.79. The highest BCUT2D eigenvalue weighted by atomic mass is 16.5. The van der Waals surface area contributed by atoms with Crippen LogP contribution in [0, 0.1) is 0 Å². The molecule has 0 bridgehead atoms. The van der Waals surface area contributed by atoms with E-state index >= 15 is 0 Å². The first-order chi connectivity index (χ1) is 11.7. The van der Waals surface area contributed by atoms with E-state index in [1.165, 1.54) is 19.3 Å². The maximum Gasteiger partial charge on any atom is 0.227 e. The van der Waals surface area contributed by atoms with Crippen LogP contribution in [0.1, 0.15) is 31.2 Å². The molecule has 0 aromatic heterocycles. The number of likely N-dealkylation sites (tertiary alicyclic amines) is 2. The van der Waals surface area contributed by atoms with Crippen molar-refractivity contribution in [3.05, 3.63) is 42.5 Å². The van der Waals surface area contributed by atoms with Gasteiger partial charge in [0, 0.05) is 25.2 Å². The highest BCUT2D eigenvalue weighted by Gasteiger charge is 2.44. The fourth-order valence-electron chi connectivity index (χ4n) is 4.25. The Morgan fingerprint density at radius 1 is 1.25 bits per heavy atom. The molecule has 2 fully saturated rings. The molecule has 4 nitrogen and oxygen atoms in total. The van der Waals surface area contributed by atoms with Crippen molar-refractivity contribution in [1.29, 1.82) is 0 Å². The normalized spacial score (nSPS) is 24.3. The van der Waals surface area contributed by atoms with Gasteiger partial charge in [0.15, 0.2) is 0 Å². The van der Waals surface area contributed by atoms with Gasteiger partial charge >= 0.3 is 0 Å². The van der Waals surface area contributed by atoms with E-state index < -0.39 is 0 Å². The number of carbonyl (C=O) groups excluding carboxylic acids is 1. The molecular weight excluding hydrogens is 300 g/mol.